The number of hydrogen-bond donors (Lipinski definition) is 0. The lowest BCUT2D eigenvalue weighted by atomic mass is 9.84. The number of aromatic nitrogens is 1. The normalized spacial score (nSPS) is 13.6. The van der Waals surface area contributed by atoms with Crippen molar-refractivity contribution >= 4 is 81.5 Å². The van der Waals surface area contributed by atoms with Gasteiger partial charge in [-0.2, -0.15) is 0 Å². The molecule has 0 amide bonds. The standard InChI is InChI=1S/C56H42N2OS/c1-4-12-37(13-5-1)39-20-26-44(27-21-39)57(46-30-31-48-47-18-10-11-19-53(47)60-54(48)36-46)45-28-22-40(23-29-45)41-24-32-51-49(34-41)55-50-35-42(38-14-6-2-7-15-38)25-33-52(50)59-56(55)58(51)43-16-8-3-9-17-43/h1,3-5,8-13,16-36,38H,2,6-7,14-15H2. The fourth-order valence-electron chi connectivity index (χ4n) is 9.80. The maximum absolute atomic E-state index is 6.77. The Morgan fingerprint density at radius 3 is 1.87 bits per heavy atom. The number of benzene rings is 8. The molecule has 1 fully saturated rings. The Hall–Kier alpha value is -6.88. The van der Waals surface area contributed by atoms with Gasteiger partial charge in [0.2, 0.25) is 5.71 Å². The van der Waals surface area contributed by atoms with Gasteiger partial charge < -0.3 is 9.32 Å². The third-order valence-corrected chi connectivity index (χ3v) is 13.9. The van der Waals surface area contributed by atoms with E-state index in [1.807, 2.05) is 11.3 Å². The second-order valence-electron chi connectivity index (χ2n) is 16.3. The molecule has 3 heterocycles. The number of furan rings is 1. The van der Waals surface area contributed by atoms with Gasteiger partial charge >= 0.3 is 0 Å². The fraction of sp³-hybridized carbons (Fsp3) is 0.107. The first kappa shape index (κ1) is 35.1. The number of rotatable bonds is 7. The predicted molar refractivity (Wildman–Crippen MR) is 255 cm³/mol. The van der Waals surface area contributed by atoms with Crippen LogP contribution in [0.25, 0.3) is 81.1 Å². The lowest BCUT2D eigenvalue weighted by molar-refractivity contribution is 0.444. The molecule has 8 aromatic carbocycles. The molecular formula is C56H42N2OS. The Morgan fingerprint density at radius 1 is 0.467 bits per heavy atom. The number of anilines is 3. The van der Waals surface area contributed by atoms with Crippen LogP contribution in [0.5, 0.6) is 0 Å². The first-order chi connectivity index (χ1) is 29.7. The van der Waals surface area contributed by atoms with Crippen LogP contribution in [-0.4, -0.2) is 4.57 Å². The van der Waals surface area contributed by atoms with Crippen molar-refractivity contribution in [3.8, 4) is 27.9 Å². The summed E-state index contributed by atoms with van der Waals surface area (Å²) in [4.78, 5) is 2.39. The number of nitrogens with zero attached hydrogens (tertiary/aromatic N) is 2. The summed E-state index contributed by atoms with van der Waals surface area (Å²) in [5.74, 6) is 0.623. The minimum absolute atomic E-state index is 0.623. The van der Waals surface area contributed by atoms with E-state index in [9.17, 15) is 0 Å². The molecule has 0 spiro atoms. The van der Waals surface area contributed by atoms with E-state index in [0.29, 0.717) is 5.92 Å². The Bertz CT molecular complexity index is 3330. The van der Waals surface area contributed by atoms with E-state index >= 15 is 0 Å². The molecule has 4 heteroatoms. The highest BCUT2D eigenvalue weighted by Gasteiger charge is 2.23. The summed E-state index contributed by atoms with van der Waals surface area (Å²) >= 11 is 1.86. The second kappa shape index (κ2) is 14.4. The summed E-state index contributed by atoms with van der Waals surface area (Å²) in [6.45, 7) is 0. The van der Waals surface area contributed by atoms with Gasteiger partial charge in [-0.25, -0.2) is 0 Å². The summed E-state index contributed by atoms with van der Waals surface area (Å²) in [6.07, 6.45) is 6.53. The minimum atomic E-state index is 0.623. The molecule has 3 nitrogen and oxygen atoms in total. The molecule has 0 radical (unpaired) electrons. The second-order valence-corrected chi connectivity index (χ2v) is 17.4. The van der Waals surface area contributed by atoms with Crippen LogP contribution in [0.1, 0.15) is 43.6 Å². The molecule has 1 aliphatic carbocycles. The lowest BCUT2D eigenvalue weighted by Crippen LogP contribution is -2.09. The van der Waals surface area contributed by atoms with Crippen LogP contribution >= 0.6 is 11.3 Å². The van der Waals surface area contributed by atoms with Gasteiger partial charge in [0.25, 0.3) is 0 Å². The molecule has 1 aliphatic rings. The van der Waals surface area contributed by atoms with Crippen molar-refractivity contribution in [2.24, 2.45) is 0 Å². The lowest BCUT2D eigenvalue weighted by Gasteiger charge is -2.26. The zero-order chi connectivity index (χ0) is 39.6. The van der Waals surface area contributed by atoms with Gasteiger partial charge in [0.1, 0.15) is 5.58 Å². The first-order valence-corrected chi connectivity index (χ1v) is 22.1. The fourth-order valence-corrected chi connectivity index (χ4v) is 10.9. The highest BCUT2D eigenvalue weighted by molar-refractivity contribution is 7.25. The molecule has 0 N–H and O–H groups in total. The van der Waals surface area contributed by atoms with Crippen molar-refractivity contribution in [3.05, 3.63) is 194 Å². The molecule has 0 unspecified atom stereocenters. The van der Waals surface area contributed by atoms with Gasteiger partial charge in [-0.15, -0.1) is 11.3 Å². The highest BCUT2D eigenvalue weighted by atomic mass is 32.1. The minimum Gasteiger partial charge on any atom is -0.439 e. The van der Waals surface area contributed by atoms with Crippen LogP contribution in [0.3, 0.4) is 0 Å². The van der Waals surface area contributed by atoms with E-state index in [4.69, 9.17) is 4.42 Å². The van der Waals surface area contributed by atoms with Gasteiger partial charge in [0, 0.05) is 53.7 Å². The Kier molecular flexibility index (Phi) is 8.45. The Balaban J connectivity index is 0.974. The molecule has 0 aliphatic heterocycles. The molecule has 288 valence electrons. The van der Waals surface area contributed by atoms with Crippen molar-refractivity contribution in [3.63, 3.8) is 0 Å². The van der Waals surface area contributed by atoms with E-state index in [1.165, 1.54) is 96.3 Å². The maximum atomic E-state index is 6.77. The summed E-state index contributed by atoms with van der Waals surface area (Å²) in [6, 6.07) is 68.8. The number of hydrogen-bond acceptors (Lipinski definition) is 3. The van der Waals surface area contributed by atoms with Crippen LogP contribution in [0, 0.1) is 0 Å². The van der Waals surface area contributed by atoms with Crippen molar-refractivity contribution < 1.29 is 4.42 Å². The van der Waals surface area contributed by atoms with Crippen molar-refractivity contribution in [2.75, 3.05) is 4.90 Å². The molecule has 12 rings (SSSR count). The zero-order valence-corrected chi connectivity index (χ0v) is 34.0. The molecule has 3 aromatic heterocycles. The zero-order valence-electron chi connectivity index (χ0n) is 33.2. The molecular weight excluding hydrogens is 749 g/mol. The third kappa shape index (κ3) is 5.93. The van der Waals surface area contributed by atoms with E-state index in [0.717, 1.165) is 39.6 Å². The van der Waals surface area contributed by atoms with Crippen molar-refractivity contribution in [1.29, 1.82) is 0 Å². The Morgan fingerprint density at radius 2 is 1.10 bits per heavy atom. The number of para-hydroxylation sites is 1. The topological polar surface area (TPSA) is 21.3 Å². The van der Waals surface area contributed by atoms with E-state index in [2.05, 4.69) is 198 Å². The quantitative estimate of drug-likeness (QED) is 0.160. The summed E-state index contributed by atoms with van der Waals surface area (Å²) in [5.41, 5.74) is 13.7. The van der Waals surface area contributed by atoms with Crippen LogP contribution in [0.2, 0.25) is 0 Å². The SMILES string of the molecule is c1ccc(-c2ccc(N(c3ccc(-c4ccc5c(c4)c4c6cc(C7CCCCC7)ccc6oc4n5-c4ccccc4)cc3)c3ccc4c(c3)sc3ccccc34)cc2)cc1. The van der Waals surface area contributed by atoms with Crippen LogP contribution in [-0.2, 0) is 0 Å². The predicted octanol–water partition coefficient (Wildman–Crippen LogP) is 16.7. The van der Waals surface area contributed by atoms with Crippen LogP contribution < -0.4 is 4.90 Å². The first-order valence-electron chi connectivity index (χ1n) is 21.3. The van der Waals surface area contributed by atoms with Gasteiger partial charge in [0.05, 0.1) is 10.9 Å². The molecule has 1 saturated carbocycles. The van der Waals surface area contributed by atoms with Gasteiger partial charge in [-0.1, -0.05) is 128 Å². The molecule has 60 heavy (non-hydrogen) atoms. The van der Waals surface area contributed by atoms with E-state index < -0.39 is 0 Å². The molecule has 11 aromatic rings. The van der Waals surface area contributed by atoms with E-state index in [1.54, 1.807) is 0 Å². The number of thiophene rings is 1. The summed E-state index contributed by atoms with van der Waals surface area (Å²) in [5, 5.41) is 6.24. The van der Waals surface area contributed by atoms with Crippen molar-refractivity contribution in [1.82, 2.24) is 4.57 Å². The molecule has 0 saturated heterocycles. The third-order valence-electron chi connectivity index (χ3n) is 12.8. The van der Waals surface area contributed by atoms with E-state index in [-0.39, 0.29) is 0 Å². The average Bonchev–Trinajstić information content (AvgIpc) is 3.98. The van der Waals surface area contributed by atoms with Crippen LogP contribution in [0.4, 0.5) is 17.1 Å². The van der Waals surface area contributed by atoms with Gasteiger partial charge in [0.15, 0.2) is 0 Å². The van der Waals surface area contributed by atoms with Crippen molar-refractivity contribution in [2.45, 2.75) is 38.0 Å². The highest BCUT2D eigenvalue weighted by Crippen LogP contribution is 2.44. The molecule has 0 atom stereocenters. The average molecular weight is 791 g/mol. The van der Waals surface area contributed by atoms with Gasteiger partial charge in [-0.3, -0.25) is 4.57 Å². The maximum Gasteiger partial charge on any atom is 0.213 e. The van der Waals surface area contributed by atoms with Crippen LogP contribution in [0.15, 0.2) is 192 Å². The summed E-state index contributed by atoms with van der Waals surface area (Å²) < 4.78 is 11.7. The summed E-state index contributed by atoms with van der Waals surface area (Å²) in [7, 11) is 0. The smallest absolute Gasteiger partial charge is 0.213 e. The van der Waals surface area contributed by atoms with Gasteiger partial charge in [-0.05, 0) is 125 Å². The largest absolute Gasteiger partial charge is 0.439 e. The number of fused-ring (bicyclic) bond motifs is 8. The monoisotopic (exact) mass is 790 g/mol. The molecule has 0 bridgehead atoms. The Labute approximate surface area is 353 Å².